The molecule has 0 spiro atoms. The van der Waals surface area contributed by atoms with Gasteiger partial charge < -0.3 is 9.64 Å². The summed E-state index contributed by atoms with van der Waals surface area (Å²) in [5, 5.41) is 0.541. The van der Waals surface area contributed by atoms with Gasteiger partial charge in [-0.1, -0.05) is 29.8 Å². The van der Waals surface area contributed by atoms with E-state index in [0.29, 0.717) is 23.7 Å². The number of halogens is 4. The summed E-state index contributed by atoms with van der Waals surface area (Å²) in [4.78, 5) is 28.4. The monoisotopic (exact) mass is 440 g/mol. The highest BCUT2D eigenvalue weighted by Crippen LogP contribution is 2.30. The fourth-order valence-electron chi connectivity index (χ4n) is 3.45. The Bertz CT molecular complexity index is 910. The summed E-state index contributed by atoms with van der Waals surface area (Å²) >= 11 is 5.92. The molecule has 0 radical (unpaired) electrons. The van der Waals surface area contributed by atoms with Crippen LogP contribution in [0.25, 0.3) is 0 Å². The van der Waals surface area contributed by atoms with Gasteiger partial charge in [0, 0.05) is 36.8 Å². The molecule has 1 aliphatic heterocycles. The van der Waals surface area contributed by atoms with Gasteiger partial charge in [0.15, 0.2) is 0 Å². The van der Waals surface area contributed by atoms with Crippen LogP contribution in [0.15, 0.2) is 48.5 Å². The molecule has 0 bridgehead atoms. The fourth-order valence-corrected chi connectivity index (χ4v) is 3.57. The molecule has 1 fully saturated rings. The molecule has 3 rings (SSSR count). The Morgan fingerprint density at radius 2 is 1.67 bits per heavy atom. The van der Waals surface area contributed by atoms with Crippen molar-refractivity contribution >= 4 is 23.5 Å². The molecule has 5 nitrogen and oxygen atoms in total. The average Bonchev–Trinajstić information content (AvgIpc) is 2.74. The van der Waals surface area contributed by atoms with E-state index in [9.17, 15) is 22.8 Å². The van der Waals surface area contributed by atoms with Crippen molar-refractivity contribution in [3.8, 4) is 0 Å². The van der Waals surface area contributed by atoms with Crippen molar-refractivity contribution in [2.24, 2.45) is 0 Å². The van der Waals surface area contributed by atoms with E-state index >= 15 is 0 Å². The topological polar surface area (TPSA) is 49.9 Å². The second kappa shape index (κ2) is 9.06. The highest BCUT2D eigenvalue weighted by Gasteiger charge is 2.34. The van der Waals surface area contributed by atoms with E-state index in [-0.39, 0.29) is 18.7 Å². The molecule has 0 aromatic heterocycles. The number of carbonyl (C=O) groups is 2. The van der Waals surface area contributed by atoms with E-state index in [2.05, 4.69) is 0 Å². The number of methoxy groups -OCH3 is 1. The second-order valence-electron chi connectivity index (χ2n) is 6.88. The third-order valence-corrected chi connectivity index (χ3v) is 5.27. The lowest BCUT2D eigenvalue weighted by Crippen LogP contribution is -2.51. The van der Waals surface area contributed by atoms with Crippen molar-refractivity contribution in [2.75, 3.05) is 33.3 Å². The molecule has 2 aromatic rings. The van der Waals surface area contributed by atoms with E-state index < -0.39 is 29.7 Å². The van der Waals surface area contributed by atoms with Crippen molar-refractivity contribution in [2.45, 2.75) is 12.2 Å². The maximum Gasteiger partial charge on any atom is 0.416 e. The van der Waals surface area contributed by atoms with Crippen molar-refractivity contribution in [3.05, 3.63) is 70.2 Å². The van der Waals surface area contributed by atoms with Crippen molar-refractivity contribution < 1.29 is 27.5 Å². The minimum Gasteiger partial charge on any atom is -0.468 e. The van der Waals surface area contributed by atoms with Crippen LogP contribution in [0.1, 0.15) is 27.5 Å². The number of hydrogen-bond acceptors (Lipinski definition) is 4. The number of amides is 1. The molecule has 160 valence electrons. The Morgan fingerprint density at radius 1 is 1.03 bits per heavy atom. The zero-order chi connectivity index (χ0) is 21.9. The second-order valence-corrected chi connectivity index (χ2v) is 7.32. The molecule has 0 N–H and O–H groups in total. The van der Waals surface area contributed by atoms with Gasteiger partial charge in [0.2, 0.25) is 0 Å². The largest absolute Gasteiger partial charge is 0.468 e. The first-order valence-electron chi connectivity index (χ1n) is 9.24. The van der Waals surface area contributed by atoms with Crippen LogP contribution in [0.2, 0.25) is 5.02 Å². The van der Waals surface area contributed by atoms with E-state index in [1.54, 1.807) is 24.3 Å². The molecular formula is C21H20ClF3N2O3. The number of carbonyl (C=O) groups excluding carboxylic acids is 2. The summed E-state index contributed by atoms with van der Waals surface area (Å²) in [6.45, 7) is 1.28. The number of ether oxygens (including phenoxy) is 1. The Labute approximate surface area is 177 Å². The SMILES string of the molecule is COC(=O)C(c1ccc(Cl)cc1)N1CCN(C(=O)c2cccc(C(F)(F)F)c2)CC1. The first kappa shape index (κ1) is 22.1. The van der Waals surface area contributed by atoms with Crippen LogP contribution in [-0.4, -0.2) is 55.0 Å². The minimum absolute atomic E-state index is 0.0134. The molecule has 1 unspecified atom stereocenters. The Hall–Kier alpha value is -2.58. The molecule has 1 atom stereocenters. The number of rotatable bonds is 4. The number of piperazine rings is 1. The molecule has 9 heteroatoms. The highest BCUT2D eigenvalue weighted by atomic mass is 35.5. The number of hydrogen-bond donors (Lipinski definition) is 0. The molecule has 1 amide bonds. The van der Waals surface area contributed by atoms with Gasteiger partial charge in [-0.2, -0.15) is 13.2 Å². The molecule has 1 aliphatic rings. The number of esters is 1. The predicted octanol–water partition coefficient (Wildman–Crippen LogP) is 4.03. The van der Waals surface area contributed by atoms with Crippen LogP contribution in [0.3, 0.4) is 0 Å². The van der Waals surface area contributed by atoms with Crippen LogP contribution in [0, 0.1) is 0 Å². The summed E-state index contributed by atoms with van der Waals surface area (Å²) in [7, 11) is 1.30. The molecule has 1 saturated heterocycles. The van der Waals surface area contributed by atoms with Gasteiger partial charge in [-0.3, -0.25) is 9.69 Å². The van der Waals surface area contributed by atoms with Gasteiger partial charge >= 0.3 is 12.1 Å². The molecule has 30 heavy (non-hydrogen) atoms. The Balaban J connectivity index is 1.72. The highest BCUT2D eigenvalue weighted by molar-refractivity contribution is 6.30. The zero-order valence-electron chi connectivity index (χ0n) is 16.2. The van der Waals surface area contributed by atoms with Crippen molar-refractivity contribution in [1.82, 2.24) is 9.80 Å². The van der Waals surface area contributed by atoms with Crippen LogP contribution >= 0.6 is 11.6 Å². The maximum atomic E-state index is 12.9. The van der Waals surface area contributed by atoms with Crippen LogP contribution < -0.4 is 0 Å². The summed E-state index contributed by atoms with van der Waals surface area (Å²) in [6, 6.07) is 10.6. The van der Waals surface area contributed by atoms with Gasteiger partial charge in [-0.05, 0) is 35.9 Å². The molecule has 2 aromatic carbocycles. The smallest absolute Gasteiger partial charge is 0.416 e. The fraction of sp³-hybridized carbons (Fsp3) is 0.333. The number of benzene rings is 2. The van der Waals surface area contributed by atoms with E-state index in [1.807, 2.05) is 4.90 Å². The first-order valence-corrected chi connectivity index (χ1v) is 9.62. The van der Waals surface area contributed by atoms with Gasteiger partial charge in [0.25, 0.3) is 5.91 Å². The zero-order valence-corrected chi connectivity index (χ0v) is 16.9. The van der Waals surface area contributed by atoms with Gasteiger partial charge in [-0.15, -0.1) is 0 Å². The lowest BCUT2D eigenvalue weighted by atomic mass is 10.0. The molecule has 1 heterocycles. The van der Waals surface area contributed by atoms with E-state index in [4.69, 9.17) is 16.3 Å². The standard InChI is InChI=1S/C21H20ClF3N2O3/c1-30-20(29)18(14-5-7-17(22)8-6-14)26-9-11-27(12-10-26)19(28)15-3-2-4-16(13-15)21(23,24)25/h2-8,13,18H,9-12H2,1H3. The summed E-state index contributed by atoms with van der Waals surface area (Å²) in [5.74, 6) is -0.906. The van der Waals surface area contributed by atoms with Gasteiger partial charge in [0.05, 0.1) is 12.7 Å². The lowest BCUT2D eigenvalue weighted by Gasteiger charge is -2.38. The van der Waals surface area contributed by atoms with Crippen LogP contribution in [-0.2, 0) is 15.7 Å². The predicted molar refractivity (Wildman–Crippen MR) is 105 cm³/mol. The van der Waals surface area contributed by atoms with Crippen LogP contribution in [0.4, 0.5) is 13.2 Å². The third kappa shape index (κ3) is 4.94. The molecular weight excluding hydrogens is 421 g/mol. The minimum atomic E-state index is -4.51. The van der Waals surface area contributed by atoms with Gasteiger partial charge in [-0.25, -0.2) is 4.79 Å². The van der Waals surface area contributed by atoms with Crippen molar-refractivity contribution in [3.63, 3.8) is 0 Å². The molecule has 0 aliphatic carbocycles. The summed E-state index contributed by atoms with van der Waals surface area (Å²) < 4.78 is 43.7. The number of nitrogens with zero attached hydrogens (tertiary/aromatic N) is 2. The maximum absolute atomic E-state index is 12.9. The normalized spacial score (nSPS) is 16.2. The Morgan fingerprint density at radius 3 is 2.23 bits per heavy atom. The van der Waals surface area contributed by atoms with E-state index in [1.165, 1.54) is 24.1 Å². The Kier molecular flexibility index (Phi) is 6.67. The van der Waals surface area contributed by atoms with E-state index in [0.717, 1.165) is 12.1 Å². The van der Waals surface area contributed by atoms with Gasteiger partial charge in [0.1, 0.15) is 6.04 Å². The quantitative estimate of drug-likeness (QED) is 0.673. The number of alkyl halides is 3. The molecule has 0 saturated carbocycles. The lowest BCUT2D eigenvalue weighted by molar-refractivity contribution is -0.148. The third-order valence-electron chi connectivity index (χ3n) is 5.01. The summed E-state index contributed by atoms with van der Waals surface area (Å²) in [6.07, 6.45) is -4.51. The first-order chi connectivity index (χ1) is 14.2. The van der Waals surface area contributed by atoms with Crippen LogP contribution in [0.5, 0.6) is 0 Å². The van der Waals surface area contributed by atoms with Crippen molar-refractivity contribution in [1.29, 1.82) is 0 Å². The summed E-state index contributed by atoms with van der Waals surface area (Å²) in [5.41, 5.74) is -0.162. The average molecular weight is 441 g/mol.